The summed E-state index contributed by atoms with van der Waals surface area (Å²) in [5.74, 6) is 0.834. The number of hydrogen-bond donors (Lipinski definition) is 0. The summed E-state index contributed by atoms with van der Waals surface area (Å²) in [5.41, 5.74) is 5.40. The summed E-state index contributed by atoms with van der Waals surface area (Å²) in [6.07, 6.45) is 0. The summed E-state index contributed by atoms with van der Waals surface area (Å²) in [6, 6.07) is 12.1. The van der Waals surface area contributed by atoms with Crippen LogP contribution in [0.1, 0.15) is 29.3 Å². The molecule has 0 saturated carbocycles. The lowest BCUT2D eigenvalue weighted by Crippen LogP contribution is -2.04. The van der Waals surface area contributed by atoms with Crippen molar-refractivity contribution in [1.82, 2.24) is 9.55 Å². The first kappa shape index (κ1) is 14.4. The number of alkyl halides is 1. The lowest BCUT2D eigenvalue weighted by atomic mass is 10.1. The highest BCUT2D eigenvalue weighted by atomic mass is 35.5. The Morgan fingerprint density at radius 3 is 2.52 bits per heavy atom. The van der Waals surface area contributed by atoms with E-state index in [-0.39, 0.29) is 5.38 Å². The second-order valence-electron chi connectivity index (χ2n) is 5.34. The fourth-order valence-electron chi connectivity index (χ4n) is 2.64. The third-order valence-corrected chi connectivity index (χ3v) is 4.02. The molecular weight excluding hydrogens is 303 g/mol. The number of hydrogen-bond acceptors (Lipinski definition) is 1. The predicted octanol–water partition coefficient (Wildman–Crippen LogP) is 5.60. The molecule has 0 aliphatic rings. The van der Waals surface area contributed by atoms with E-state index in [0.717, 1.165) is 22.5 Å². The van der Waals surface area contributed by atoms with Gasteiger partial charge in [0.05, 0.1) is 22.1 Å². The van der Waals surface area contributed by atoms with E-state index in [1.54, 1.807) is 0 Å². The number of aryl methyl sites for hydroxylation is 2. The minimum Gasteiger partial charge on any atom is -0.295 e. The molecule has 3 rings (SSSR count). The van der Waals surface area contributed by atoms with E-state index >= 15 is 0 Å². The van der Waals surface area contributed by atoms with Crippen molar-refractivity contribution in [2.24, 2.45) is 0 Å². The van der Waals surface area contributed by atoms with Crippen LogP contribution in [0.2, 0.25) is 5.02 Å². The summed E-state index contributed by atoms with van der Waals surface area (Å²) < 4.78 is 2.10. The van der Waals surface area contributed by atoms with E-state index in [0.29, 0.717) is 5.02 Å². The Labute approximate surface area is 134 Å². The van der Waals surface area contributed by atoms with Gasteiger partial charge < -0.3 is 0 Å². The summed E-state index contributed by atoms with van der Waals surface area (Å²) in [5, 5.41) is 0.513. The van der Waals surface area contributed by atoms with Crippen LogP contribution in [-0.2, 0) is 0 Å². The number of imidazole rings is 1. The Kier molecular flexibility index (Phi) is 3.68. The standard InChI is InChI=1S/C17H16Cl2N2/c1-10-4-7-15(11(2)8-10)21-16-9-13(19)5-6-14(16)20-17(21)12(3)18/h4-9,12H,1-3H3. The fourth-order valence-corrected chi connectivity index (χ4v) is 2.96. The predicted molar refractivity (Wildman–Crippen MR) is 89.8 cm³/mol. The van der Waals surface area contributed by atoms with Gasteiger partial charge in [0.25, 0.3) is 0 Å². The Morgan fingerprint density at radius 2 is 1.86 bits per heavy atom. The molecule has 0 amide bonds. The SMILES string of the molecule is Cc1ccc(-n2c(C(C)Cl)nc3ccc(Cl)cc32)c(C)c1. The van der Waals surface area contributed by atoms with Gasteiger partial charge in [-0.25, -0.2) is 4.98 Å². The monoisotopic (exact) mass is 318 g/mol. The molecule has 0 radical (unpaired) electrons. The Bertz CT molecular complexity index is 819. The third-order valence-electron chi connectivity index (χ3n) is 3.59. The summed E-state index contributed by atoms with van der Waals surface area (Å²) in [4.78, 5) is 4.67. The second kappa shape index (κ2) is 5.36. The van der Waals surface area contributed by atoms with Crippen molar-refractivity contribution in [2.75, 3.05) is 0 Å². The second-order valence-corrected chi connectivity index (χ2v) is 6.44. The van der Waals surface area contributed by atoms with Crippen LogP contribution >= 0.6 is 23.2 Å². The van der Waals surface area contributed by atoms with Crippen LogP contribution in [0.25, 0.3) is 16.7 Å². The van der Waals surface area contributed by atoms with Gasteiger partial charge >= 0.3 is 0 Å². The molecule has 0 aliphatic carbocycles. The molecule has 1 heterocycles. The van der Waals surface area contributed by atoms with E-state index in [2.05, 4.69) is 41.6 Å². The van der Waals surface area contributed by atoms with Crippen molar-refractivity contribution in [1.29, 1.82) is 0 Å². The lowest BCUT2D eigenvalue weighted by molar-refractivity contribution is 0.878. The van der Waals surface area contributed by atoms with Gasteiger partial charge in [0.15, 0.2) is 0 Å². The maximum atomic E-state index is 6.34. The fraction of sp³-hybridized carbons (Fsp3) is 0.235. The average molecular weight is 319 g/mol. The first-order valence-electron chi connectivity index (χ1n) is 6.87. The van der Waals surface area contributed by atoms with Crippen molar-refractivity contribution < 1.29 is 0 Å². The molecule has 1 atom stereocenters. The van der Waals surface area contributed by atoms with Crippen molar-refractivity contribution in [3.05, 3.63) is 58.4 Å². The van der Waals surface area contributed by atoms with E-state index in [1.165, 1.54) is 11.1 Å². The van der Waals surface area contributed by atoms with Gasteiger partial charge in [-0.15, -0.1) is 11.6 Å². The van der Waals surface area contributed by atoms with Crippen molar-refractivity contribution >= 4 is 34.2 Å². The Balaban J connectivity index is 2.38. The van der Waals surface area contributed by atoms with Crippen LogP contribution in [-0.4, -0.2) is 9.55 Å². The number of nitrogens with zero attached hydrogens (tertiary/aromatic N) is 2. The topological polar surface area (TPSA) is 17.8 Å². The zero-order chi connectivity index (χ0) is 15.1. The summed E-state index contributed by atoms with van der Waals surface area (Å²) >= 11 is 12.5. The molecule has 0 fully saturated rings. The minimum absolute atomic E-state index is 0.183. The number of benzene rings is 2. The zero-order valence-electron chi connectivity index (χ0n) is 12.2. The van der Waals surface area contributed by atoms with Crippen LogP contribution in [0.4, 0.5) is 0 Å². The maximum absolute atomic E-state index is 6.34. The molecule has 0 aliphatic heterocycles. The van der Waals surface area contributed by atoms with E-state index in [4.69, 9.17) is 23.2 Å². The van der Waals surface area contributed by atoms with Gasteiger partial charge in [0.2, 0.25) is 0 Å². The largest absolute Gasteiger partial charge is 0.295 e. The number of fused-ring (bicyclic) bond motifs is 1. The molecule has 21 heavy (non-hydrogen) atoms. The number of halogens is 2. The number of rotatable bonds is 2. The molecular formula is C17H16Cl2N2. The van der Waals surface area contributed by atoms with Crippen LogP contribution < -0.4 is 0 Å². The van der Waals surface area contributed by atoms with Crippen LogP contribution in [0.3, 0.4) is 0 Å². The highest BCUT2D eigenvalue weighted by Crippen LogP contribution is 2.31. The van der Waals surface area contributed by atoms with Crippen LogP contribution in [0, 0.1) is 13.8 Å². The van der Waals surface area contributed by atoms with Gasteiger partial charge in [-0.3, -0.25) is 4.57 Å². The molecule has 1 unspecified atom stereocenters. The highest BCUT2D eigenvalue weighted by Gasteiger charge is 2.17. The molecule has 4 heteroatoms. The smallest absolute Gasteiger partial charge is 0.132 e. The van der Waals surface area contributed by atoms with Crippen LogP contribution in [0.15, 0.2) is 36.4 Å². The van der Waals surface area contributed by atoms with Crippen LogP contribution in [0.5, 0.6) is 0 Å². The molecule has 2 aromatic carbocycles. The third kappa shape index (κ3) is 2.54. The first-order chi connectivity index (χ1) is 9.97. The molecule has 0 spiro atoms. The normalized spacial score (nSPS) is 12.8. The molecule has 0 N–H and O–H groups in total. The zero-order valence-corrected chi connectivity index (χ0v) is 13.7. The maximum Gasteiger partial charge on any atom is 0.132 e. The molecule has 3 aromatic rings. The Morgan fingerprint density at radius 1 is 1.10 bits per heavy atom. The van der Waals surface area contributed by atoms with E-state index in [9.17, 15) is 0 Å². The van der Waals surface area contributed by atoms with E-state index < -0.39 is 0 Å². The van der Waals surface area contributed by atoms with Crippen molar-refractivity contribution in [3.8, 4) is 5.69 Å². The molecule has 0 saturated heterocycles. The van der Waals surface area contributed by atoms with Gasteiger partial charge in [-0.2, -0.15) is 0 Å². The first-order valence-corrected chi connectivity index (χ1v) is 7.68. The lowest BCUT2D eigenvalue weighted by Gasteiger charge is -2.14. The van der Waals surface area contributed by atoms with Gasteiger partial charge in [0, 0.05) is 5.02 Å². The van der Waals surface area contributed by atoms with Gasteiger partial charge in [0.1, 0.15) is 5.82 Å². The molecule has 2 nitrogen and oxygen atoms in total. The Hall–Kier alpha value is -1.51. The summed E-state index contributed by atoms with van der Waals surface area (Å²) in [6.45, 7) is 6.12. The van der Waals surface area contributed by atoms with Gasteiger partial charge in [-0.05, 0) is 50.6 Å². The molecule has 1 aromatic heterocycles. The average Bonchev–Trinajstić information content (AvgIpc) is 2.77. The summed E-state index contributed by atoms with van der Waals surface area (Å²) in [7, 11) is 0. The van der Waals surface area contributed by atoms with E-state index in [1.807, 2.05) is 25.1 Å². The van der Waals surface area contributed by atoms with Crippen molar-refractivity contribution in [3.63, 3.8) is 0 Å². The molecule has 108 valence electrons. The highest BCUT2D eigenvalue weighted by molar-refractivity contribution is 6.31. The van der Waals surface area contributed by atoms with Crippen molar-refractivity contribution in [2.45, 2.75) is 26.1 Å². The quantitative estimate of drug-likeness (QED) is 0.563. The number of aromatic nitrogens is 2. The van der Waals surface area contributed by atoms with Gasteiger partial charge in [-0.1, -0.05) is 29.3 Å². The molecule has 0 bridgehead atoms. The minimum atomic E-state index is -0.183.